The topological polar surface area (TPSA) is 131 Å². The van der Waals surface area contributed by atoms with Crippen LogP contribution in [0.3, 0.4) is 0 Å². The molecule has 0 heterocycles. The molecule has 4 amide bonds. The molecule has 8 heteroatoms. The Balaban J connectivity index is 3.66. The highest BCUT2D eigenvalue weighted by Crippen LogP contribution is 1.85. The summed E-state index contributed by atoms with van der Waals surface area (Å²) in [6.07, 6.45) is 0. The number of hydrogen-bond donors (Lipinski definition) is 3. The molecule has 0 atom stereocenters. The van der Waals surface area contributed by atoms with Crippen LogP contribution in [0.4, 0.5) is 9.59 Å². The number of nitrogens with one attached hydrogen (secondary N) is 1. The third-order valence-electron chi connectivity index (χ3n) is 0.976. The first-order chi connectivity index (χ1) is 5.57. The van der Waals surface area contributed by atoms with Crippen molar-refractivity contribution in [2.24, 2.45) is 16.8 Å². The minimum Gasteiger partial charge on any atom is -0.352 e. The third kappa shape index (κ3) is 4.04. The van der Waals surface area contributed by atoms with E-state index in [4.69, 9.17) is 11.5 Å². The predicted octanol–water partition coefficient (Wildman–Crippen LogP) is -1.28. The Morgan fingerprint density at radius 3 is 2.33 bits per heavy atom. The molecule has 0 saturated heterocycles. The number of nitrogens with zero attached hydrogens (tertiary/aromatic N) is 2. The number of primary amides is 2. The standard InChI is InChI=1S/C4H9N5O3/c5-3(10)7-1-2-9(8-12)4(6)11/h1-2H2,(H2,6,11)(H3,5,7,10). The van der Waals surface area contributed by atoms with Gasteiger partial charge in [-0.25, -0.2) is 9.59 Å². The van der Waals surface area contributed by atoms with Crippen molar-refractivity contribution in [3.63, 3.8) is 0 Å². The van der Waals surface area contributed by atoms with Crippen molar-refractivity contribution >= 4 is 12.1 Å². The van der Waals surface area contributed by atoms with Crippen LogP contribution >= 0.6 is 0 Å². The number of hydrogen-bond acceptors (Lipinski definition) is 4. The van der Waals surface area contributed by atoms with Gasteiger partial charge >= 0.3 is 12.1 Å². The highest BCUT2D eigenvalue weighted by molar-refractivity contribution is 5.72. The van der Waals surface area contributed by atoms with Crippen molar-refractivity contribution in [1.82, 2.24) is 10.3 Å². The van der Waals surface area contributed by atoms with Gasteiger partial charge in [-0.05, 0) is 0 Å². The molecule has 8 nitrogen and oxygen atoms in total. The zero-order valence-corrected chi connectivity index (χ0v) is 6.19. The van der Waals surface area contributed by atoms with Crippen molar-refractivity contribution in [3.8, 4) is 0 Å². The Labute approximate surface area is 67.8 Å². The lowest BCUT2D eigenvalue weighted by Gasteiger charge is -2.09. The first-order valence-electron chi connectivity index (χ1n) is 3.01. The monoisotopic (exact) mass is 175 g/mol. The van der Waals surface area contributed by atoms with Gasteiger partial charge in [0.1, 0.15) is 0 Å². The molecule has 0 spiro atoms. The molecule has 0 unspecified atom stereocenters. The lowest BCUT2D eigenvalue weighted by atomic mass is 10.6. The van der Waals surface area contributed by atoms with Crippen molar-refractivity contribution in [2.45, 2.75) is 0 Å². The summed E-state index contributed by atoms with van der Waals surface area (Å²) in [6, 6.07) is -1.72. The van der Waals surface area contributed by atoms with E-state index in [0.717, 1.165) is 0 Å². The van der Waals surface area contributed by atoms with Crippen LogP contribution in [0.2, 0.25) is 0 Å². The summed E-state index contributed by atoms with van der Waals surface area (Å²) in [4.78, 5) is 30.3. The summed E-state index contributed by atoms with van der Waals surface area (Å²) in [7, 11) is 0. The molecule has 12 heavy (non-hydrogen) atoms. The molecule has 68 valence electrons. The van der Waals surface area contributed by atoms with E-state index in [0.29, 0.717) is 5.01 Å². The van der Waals surface area contributed by atoms with Crippen LogP contribution in [0.15, 0.2) is 5.29 Å². The Hall–Kier alpha value is -1.86. The van der Waals surface area contributed by atoms with Crippen LogP contribution in [-0.2, 0) is 0 Å². The zero-order valence-electron chi connectivity index (χ0n) is 6.19. The maximum atomic E-state index is 10.3. The van der Waals surface area contributed by atoms with Gasteiger partial charge < -0.3 is 16.8 Å². The van der Waals surface area contributed by atoms with Gasteiger partial charge in [0.25, 0.3) is 0 Å². The van der Waals surface area contributed by atoms with Crippen LogP contribution in [-0.4, -0.2) is 30.2 Å². The number of rotatable bonds is 4. The third-order valence-corrected chi connectivity index (χ3v) is 0.976. The summed E-state index contributed by atoms with van der Waals surface area (Å²) < 4.78 is 0. The highest BCUT2D eigenvalue weighted by Gasteiger charge is 2.08. The van der Waals surface area contributed by atoms with Gasteiger partial charge in [-0.1, -0.05) is 0 Å². The number of amides is 4. The van der Waals surface area contributed by atoms with E-state index in [1.165, 1.54) is 0 Å². The summed E-state index contributed by atoms with van der Waals surface area (Å²) in [6.45, 7) is -0.0637. The second kappa shape index (κ2) is 4.88. The zero-order chi connectivity index (χ0) is 9.56. The van der Waals surface area contributed by atoms with Crippen LogP contribution in [0.5, 0.6) is 0 Å². The summed E-state index contributed by atoms with van der Waals surface area (Å²) >= 11 is 0. The molecule has 0 aromatic carbocycles. The number of nitroso groups, excluding NO2 is 1. The first kappa shape index (κ1) is 10.1. The van der Waals surface area contributed by atoms with Gasteiger partial charge in [-0.3, -0.25) is 0 Å². The fourth-order valence-electron chi connectivity index (χ4n) is 0.476. The molecule has 0 bridgehead atoms. The van der Waals surface area contributed by atoms with Gasteiger partial charge in [-0.2, -0.15) is 5.01 Å². The molecule has 5 N–H and O–H groups in total. The van der Waals surface area contributed by atoms with Gasteiger partial charge in [0.2, 0.25) is 0 Å². The second-order valence-corrected chi connectivity index (χ2v) is 1.83. The smallest absolute Gasteiger partial charge is 0.337 e. The molecule has 0 aromatic heterocycles. The van der Waals surface area contributed by atoms with E-state index >= 15 is 0 Å². The van der Waals surface area contributed by atoms with E-state index in [1.54, 1.807) is 0 Å². The van der Waals surface area contributed by atoms with Crippen molar-refractivity contribution < 1.29 is 9.59 Å². The molecule has 0 fully saturated rings. The Morgan fingerprint density at radius 2 is 2.00 bits per heavy atom. The quantitative estimate of drug-likeness (QED) is 0.363. The van der Waals surface area contributed by atoms with Gasteiger partial charge in [-0.15, -0.1) is 4.91 Å². The first-order valence-corrected chi connectivity index (χ1v) is 3.01. The molecule has 0 rings (SSSR count). The lowest BCUT2D eigenvalue weighted by molar-refractivity contribution is 0.208. The van der Waals surface area contributed by atoms with Gasteiger partial charge in [0, 0.05) is 6.54 Å². The molecule has 0 radical (unpaired) electrons. The normalized spacial score (nSPS) is 8.67. The average Bonchev–Trinajstić information content (AvgIpc) is 1.96. The highest BCUT2D eigenvalue weighted by atomic mass is 16.3. The van der Waals surface area contributed by atoms with Crippen molar-refractivity contribution in [1.29, 1.82) is 0 Å². The molecule has 0 saturated carbocycles. The molecular formula is C4H9N5O3. The number of carbonyl (C=O) groups is 2. The number of urea groups is 2. The summed E-state index contributed by atoms with van der Waals surface area (Å²) in [5.74, 6) is 0. The van der Waals surface area contributed by atoms with E-state index in [1.807, 2.05) is 0 Å². The second-order valence-electron chi connectivity index (χ2n) is 1.83. The maximum Gasteiger partial charge on any atom is 0.337 e. The SMILES string of the molecule is NC(=O)NCCN(N=O)C(N)=O. The van der Waals surface area contributed by atoms with Gasteiger partial charge in [0.15, 0.2) is 0 Å². The minimum atomic E-state index is -0.976. The molecule has 0 aliphatic heterocycles. The fourth-order valence-corrected chi connectivity index (χ4v) is 0.476. The van der Waals surface area contributed by atoms with E-state index < -0.39 is 12.1 Å². The van der Waals surface area contributed by atoms with E-state index in [2.05, 4.69) is 10.6 Å². The molecule has 0 aliphatic rings. The molecular weight excluding hydrogens is 166 g/mol. The molecule has 0 aromatic rings. The fraction of sp³-hybridized carbons (Fsp3) is 0.500. The van der Waals surface area contributed by atoms with Gasteiger partial charge in [0.05, 0.1) is 11.8 Å². The van der Waals surface area contributed by atoms with Crippen molar-refractivity contribution in [2.75, 3.05) is 13.1 Å². The van der Waals surface area contributed by atoms with Crippen LogP contribution < -0.4 is 16.8 Å². The Morgan fingerprint density at radius 1 is 1.42 bits per heavy atom. The Kier molecular flexibility index (Phi) is 4.12. The lowest BCUT2D eigenvalue weighted by Crippen LogP contribution is -2.39. The predicted molar refractivity (Wildman–Crippen MR) is 39.7 cm³/mol. The van der Waals surface area contributed by atoms with Crippen LogP contribution in [0, 0.1) is 4.91 Å². The Bertz CT molecular complexity index is 193. The van der Waals surface area contributed by atoms with Crippen molar-refractivity contribution in [3.05, 3.63) is 4.91 Å². The van der Waals surface area contributed by atoms with Crippen LogP contribution in [0.1, 0.15) is 0 Å². The van der Waals surface area contributed by atoms with E-state index in [-0.39, 0.29) is 13.1 Å². The van der Waals surface area contributed by atoms with Crippen LogP contribution in [0.25, 0.3) is 0 Å². The molecule has 0 aliphatic carbocycles. The minimum absolute atomic E-state index is 0.0318. The number of carbonyl (C=O) groups excluding carboxylic acids is 2. The largest absolute Gasteiger partial charge is 0.352 e. The number of nitrogens with two attached hydrogens (primary N) is 2. The maximum absolute atomic E-state index is 10.3. The summed E-state index contributed by atoms with van der Waals surface area (Å²) in [5.41, 5.74) is 9.42. The van der Waals surface area contributed by atoms with E-state index in [9.17, 15) is 14.5 Å². The average molecular weight is 175 g/mol. The summed E-state index contributed by atoms with van der Waals surface area (Å²) in [5, 5.41) is 4.92.